The van der Waals surface area contributed by atoms with Crippen LogP contribution in [0.5, 0.6) is 11.6 Å². The van der Waals surface area contributed by atoms with Crippen molar-refractivity contribution >= 4 is 11.6 Å². The molecule has 0 aliphatic rings. The Bertz CT molecular complexity index is 469. The number of pyridine rings is 1. The maximum Gasteiger partial charge on any atom is 0.213 e. The zero-order chi connectivity index (χ0) is 12.8. The molecule has 1 aromatic carbocycles. The van der Waals surface area contributed by atoms with Crippen molar-refractivity contribution in [2.24, 2.45) is 0 Å². The van der Waals surface area contributed by atoms with Gasteiger partial charge in [-0.05, 0) is 31.2 Å². The summed E-state index contributed by atoms with van der Waals surface area (Å²) in [6.07, 6.45) is 0. The van der Waals surface area contributed by atoms with Crippen molar-refractivity contribution in [1.82, 2.24) is 4.98 Å². The molecular weight excluding hydrogens is 250 g/mol. The molecule has 0 spiro atoms. The van der Waals surface area contributed by atoms with Gasteiger partial charge in [0.1, 0.15) is 19.0 Å². The number of halogens is 1. The molecule has 0 fully saturated rings. The van der Waals surface area contributed by atoms with Crippen molar-refractivity contribution in [3.05, 3.63) is 53.2 Å². The van der Waals surface area contributed by atoms with Gasteiger partial charge in [0.15, 0.2) is 0 Å². The zero-order valence-electron chi connectivity index (χ0n) is 10.1. The van der Waals surface area contributed by atoms with E-state index in [1.165, 1.54) is 0 Å². The van der Waals surface area contributed by atoms with E-state index >= 15 is 0 Å². The fourth-order valence-electron chi connectivity index (χ4n) is 1.46. The van der Waals surface area contributed by atoms with Crippen molar-refractivity contribution in [3.8, 4) is 11.6 Å². The minimum atomic E-state index is 0.447. The topological polar surface area (TPSA) is 31.4 Å². The Hall–Kier alpha value is -1.74. The van der Waals surface area contributed by atoms with Crippen LogP contribution in [0.2, 0.25) is 5.02 Å². The van der Waals surface area contributed by atoms with Gasteiger partial charge in [-0.3, -0.25) is 0 Å². The lowest BCUT2D eigenvalue weighted by Crippen LogP contribution is -2.09. The highest BCUT2D eigenvalue weighted by molar-refractivity contribution is 6.30. The van der Waals surface area contributed by atoms with E-state index in [1.807, 2.05) is 43.3 Å². The van der Waals surface area contributed by atoms with E-state index in [9.17, 15) is 0 Å². The number of aryl methyl sites for hydroxylation is 1. The first-order valence-corrected chi connectivity index (χ1v) is 6.07. The summed E-state index contributed by atoms with van der Waals surface area (Å²) in [6.45, 7) is 2.83. The Labute approximate surface area is 111 Å². The standard InChI is InChI=1S/C14H14ClNO2/c1-11-4-2-7-14(16-11)18-9-8-17-13-6-3-5-12(15)10-13/h2-7,10H,8-9H2,1H3. The van der Waals surface area contributed by atoms with Crippen LogP contribution < -0.4 is 9.47 Å². The number of nitrogens with zero attached hydrogens (tertiary/aromatic N) is 1. The molecule has 0 N–H and O–H groups in total. The monoisotopic (exact) mass is 263 g/mol. The molecule has 0 amide bonds. The molecule has 18 heavy (non-hydrogen) atoms. The second kappa shape index (κ2) is 6.26. The van der Waals surface area contributed by atoms with Crippen LogP contribution in [0.25, 0.3) is 0 Å². The van der Waals surface area contributed by atoms with Crippen LogP contribution in [0.4, 0.5) is 0 Å². The van der Waals surface area contributed by atoms with Gasteiger partial charge >= 0.3 is 0 Å². The summed E-state index contributed by atoms with van der Waals surface area (Å²) in [5.41, 5.74) is 0.934. The first kappa shape index (κ1) is 12.7. The average Bonchev–Trinajstić information content (AvgIpc) is 2.35. The predicted octanol–water partition coefficient (Wildman–Crippen LogP) is 3.50. The van der Waals surface area contributed by atoms with E-state index < -0.39 is 0 Å². The van der Waals surface area contributed by atoms with Crippen molar-refractivity contribution in [1.29, 1.82) is 0 Å². The number of aromatic nitrogens is 1. The smallest absolute Gasteiger partial charge is 0.213 e. The molecular formula is C14H14ClNO2. The molecule has 2 rings (SSSR count). The molecule has 0 saturated heterocycles. The summed E-state index contributed by atoms with van der Waals surface area (Å²) in [6, 6.07) is 12.9. The molecule has 0 atom stereocenters. The fraction of sp³-hybridized carbons (Fsp3) is 0.214. The van der Waals surface area contributed by atoms with Gasteiger partial charge in [-0.1, -0.05) is 23.7 Å². The van der Waals surface area contributed by atoms with Crippen molar-refractivity contribution in [2.45, 2.75) is 6.92 Å². The predicted molar refractivity (Wildman–Crippen MR) is 71.4 cm³/mol. The van der Waals surface area contributed by atoms with E-state index in [2.05, 4.69) is 4.98 Å². The van der Waals surface area contributed by atoms with E-state index in [-0.39, 0.29) is 0 Å². The number of hydrogen-bond donors (Lipinski definition) is 0. The van der Waals surface area contributed by atoms with Crippen molar-refractivity contribution in [2.75, 3.05) is 13.2 Å². The lowest BCUT2D eigenvalue weighted by atomic mass is 10.3. The molecule has 2 aromatic rings. The van der Waals surface area contributed by atoms with E-state index in [4.69, 9.17) is 21.1 Å². The Kier molecular flexibility index (Phi) is 4.42. The summed E-state index contributed by atoms with van der Waals surface area (Å²) in [5, 5.41) is 0.661. The highest BCUT2D eigenvalue weighted by Gasteiger charge is 1.97. The largest absolute Gasteiger partial charge is 0.490 e. The zero-order valence-corrected chi connectivity index (χ0v) is 10.9. The van der Waals surface area contributed by atoms with Gasteiger partial charge in [0.2, 0.25) is 5.88 Å². The average molecular weight is 264 g/mol. The third-order valence-corrected chi connectivity index (χ3v) is 2.50. The van der Waals surface area contributed by atoms with E-state index in [1.54, 1.807) is 6.07 Å². The Morgan fingerprint density at radius 3 is 2.61 bits per heavy atom. The van der Waals surface area contributed by atoms with E-state index in [0.29, 0.717) is 24.1 Å². The minimum Gasteiger partial charge on any atom is -0.490 e. The molecule has 4 heteroatoms. The number of benzene rings is 1. The molecule has 0 radical (unpaired) electrons. The van der Waals surface area contributed by atoms with Gasteiger partial charge in [0, 0.05) is 16.8 Å². The van der Waals surface area contributed by atoms with Crippen molar-refractivity contribution in [3.63, 3.8) is 0 Å². The van der Waals surface area contributed by atoms with Gasteiger partial charge in [-0.25, -0.2) is 4.98 Å². The maximum atomic E-state index is 5.85. The highest BCUT2D eigenvalue weighted by atomic mass is 35.5. The molecule has 94 valence electrons. The summed E-state index contributed by atoms with van der Waals surface area (Å²) in [4.78, 5) is 4.23. The number of ether oxygens (including phenoxy) is 2. The maximum absolute atomic E-state index is 5.85. The molecule has 3 nitrogen and oxygen atoms in total. The summed E-state index contributed by atoms with van der Waals surface area (Å²) in [7, 11) is 0. The molecule has 0 aliphatic heterocycles. The Morgan fingerprint density at radius 1 is 1.06 bits per heavy atom. The lowest BCUT2D eigenvalue weighted by Gasteiger charge is -2.08. The van der Waals surface area contributed by atoms with Crippen LogP contribution in [0.3, 0.4) is 0 Å². The molecule has 0 aliphatic carbocycles. The number of hydrogen-bond acceptors (Lipinski definition) is 3. The van der Waals surface area contributed by atoms with Gasteiger partial charge < -0.3 is 9.47 Å². The van der Waals surface area contributed by atoms with Gasteiger partial charge in [0.05, 0.1) is 0 Å². The van der Waals surface area contributed by atoms with E-state index in [0.717, 1.165) is 11.4 Å². The SMILES string of the molecule is Cc1cccc(OCCOc2cccc(Cl)c2)n1. The summed E-state index contributed by atoms with van der Waals surface area (Å²) >= 11 is 5.85. The fourth-order valence-corrected chi connectivity index (χ4v) is 1.64. The minimum absolute atomic E-state index is 0.447. The highest BCUT2D eigenvalue weighted by Crippen LogP contribution is 2.16. The molecule has 0 unspecified atom stereocenters. The van der Waals surface area contributed by atoms with Gasteiger partial charge in [0.25, 0.3) is 0 Å². The summed E-state index contributed by atoms with van der Waals surface area (Å²) < 4.78 is 11.0. The van der Waals surface area contributed by atoms with Crippen LogP contribution in [-0.2, 0) is 0 Å². The first-order valence-electron chi connectivity index (χ1n) is 5.69. The molecule has 1 heterocycles. The Morgan fingerprint density at radius 2 is 1.83 bits per heavy atom. The number of rotatable bonds is 5. The van der Waals surface area contributed by atoms with Gasteiger partial charge in [-0.2, -0.15) is 0 Å². The van der Waals surface area contributed by atoms with Crippen LogP contribution >= 0.6 is 11.6 Å². The molecule has 1 aromatic heterocycles. The molecule has 0 saturated carbocycles. The normalized spacial score (nSPS) is 10.1. The van der Waals surface area contributed by atoms with Crippen LogP contribution in [0.15, 0.2) is 42.5 Å². The van der Waals surface area contributed by atoms with Crippen LogP contribution in [-0.4, -0.2) is 18.2 Å². The third-order valence-electron chi connectivity index (χ3n) is 2.26. The summed E-state index contributed by atoms with van der Waals surface area (Å²) in [5.74, 6) is 1.35. The quantitative estimate of drug-likeness (QED) is 0.774. The van der Waals surface area contributed by atoms with Crippen molar-refractivity contribution < 1.29 is 9.47 Å². The first-order chi connectivity index (χ1) is 8.74. The third kappa shape index (κ3) is 3.93. The lowest BCUT2D eigenvalue weighted by molar-refractivity contribution is 0.212. The van der Waals surface area contributed by atoms with Crippen LogP contribution in [0.1, 0.15) is 5.69 Å². The second-order valence-corrected chi connectivity index (χ2v) is 4.21. The Balaban J connectivity index is 1.76. The van der Waals surface area contributed by atoms with Gasteiger partial charge in [-0.15, -0.1) is 0 Å². The van der Waals surface area contributed by atoms with Crippen LogP contribution in [0, 0.1) is 6.92 Å². The molecule has 0 bridgehead atoms. The second-order valence-electron chi connectivity index (χ2n) is 3.77.